The Morgan fingerprint density at radius 2 is 1.81 bits per heavy atom. The van der Waals surface area contributed by atoms with Crippen molar-refractivity contribution in [2.24, 2.45) is 5.92 Å². The fourth-order valence-corrected chi connectivity index (χ4v) is 2.70. The number of aromatic nitrogens is 1. The van der Waals surface area contributed by atoms with Gasteiger partial charge in [0.2, 0.25) is 5.91 Å². The Hall–Kier alpha value is -3.22. The number of hydrogen-bond acceptors (Lipinski definition) is 4. The molecule has 140 valence electrons. The van der Waals surface area contributed by atoms with E-state index in [0.29, 0.717) is 22.7 Å². The van der Waals surface area contributed by atoms with Gasteiger partial charge >= 0.3 is 0 Å². The summed E-state index contributed by atoms with van der Waals surface area (Å²) in [6.45, 7) is 5.41. The van der Waals surface area contributed by atoms with Gasteiger partial charge in [0, 0.05) is 18.2 Å². The zero-order valence-corrected chi connectivity index (χ0v) is 15.2. The number of oxazole rings is 1. The molecule has 0 saturated carbocycles. The number of benzene rings is 2. The number of nitrogens with zero attached hydrogens (tertiary/aromatic N) is 1. The third kappa shape index (κ3) is 4.31. The number of anilines is 1. The predicted octanol–water partition coefficient (Wildman–Crippen LogP) is 3.67. The van der Waals surface area contributed by atoms with Gasteiger partial charge < -0.3 is 15.1 Å². The van der Waals surface area contributed by atoms with Gasteiger partial charge in [0.05, 0.1) is 0 Å². The first-order valence-corrected chi connectivity index (χ1v) is 8.58. The van der Waals surface area contributed by atoms with Crippen LogP contribution in [0.3, 0.4) is 0 Å². The highest BCUT2D eigenvalue weighted by Crippen LogP contribution is 2.20. The molecule has 1 heterocycles. The summed E-state index contributed by atoms with van der Waals surface area (Å²) in [4.78, 5) is 29.3. The second-order valence-corrected chi connectivity index (χ2v) is 6.61. The van der Waals surface area contributed by atoms with Crippen molar-refractivity contribution >= 4 is 28.6 Å². The Morgan fingerprint density at radius 3 is 2.48 bits per heavy atom. The molecule has 0 bridgehead atoms. The molecule has 7 heteroatoms. The van der Waals surface area contributed by atoms with E-state index in [0.717, 1.165) is 0 Å². The van der Waals surface area contributed by atoms with Crippen LogP contribution < -0.4 is 10.6 Å². The Bertz CT molecular complexity index is 980. The van der Waals surface area contributed by atoms with E-state index < -0.39 is 17.8 Å². The Kier molecular flexibility index (Phi) is 5.21. The standard InChI is InChI=1S/C20H20FN3O3/c1-11(2)18(24-19(25)13-4-6-14(21)7-5-13)20(26)23-15-8-9-17-16(10-15)22-12(3)27-17/h4-11,18H,1-3H3,(H,23,26)(H,24,25). The summed E-state index contributed by atoms with van der Waals surface area (Å²) in [5.74, 6) is -0.817. The molecule has 0 saturated heterocycles. The molecule has 1 aromatic heterocycles. The smallest absolute Gasteiger partial charge is 0.251 e. The maximum atomic E-state index is 13.0. The van der Waals surface area contributed by atoms with E-state index in [1.54, 1.807) is 25.1 Å². The number of carbonyl (C=O) groups excluding carboxylic acids is 2. The maximum absolute atomic E-state index is 13.0. The van der Waals surface area contributed by atoms with Gasteiger partial charge in [-0.05, 0) is 48.4 Å². The molecule has 3 aromatic rings. The van der Waals surface area contributed by atoms with Crippen LogP contribution in [0.5, 0.6) is 0 Å². The van der Waals surface area contributed by atoms with Crippen LogP contribution in [0, 0.1) is 18.7 Å². The zero-order valence-electron chi connectivity index (χ0n) is 15.2. The lowest BCUT2D eigenvalue weighted by Gasteiger charge is -2.21. The average molecular weight is 369 g/mol. The summed E-state index contributed by atoms with van der Waals surface area (Å²) in [6, 6.07) is 9.56. The monoisotopic (exact) mass is 369 g/mol. The van der Waals surface area contributed by atoms with Gasteiger partial charge in [0.25, 0.3) is 5.91 Å². The minimum absolute atomic E-state index is 0.146. The number of amides is 2. The quantitative estimate of drug-likeness (QED) is 0.719. The normalized spacial score (nSPS) is 12.2. The van der Waals surface area contributed by atoms with Crippen molar-refractivity contribution in [1.82, 2.24) is 10.3 Å². The molecule has 0 fully saturated rings. The minimum Gasteiger partial charge on any atom is -0.441 e. The highest BCUT2D eigenvalue weighted by Gasteiger charge is 2.25. The van der Waals surface area contributed by atoms with E-state index in [1.165, 1.54) is 24.3 Å². The molecule has 27 heavy (non-hydrogen) atoms. The SMILES string of the molecule is Cc1nc2cc(NC(=O)C(NC(=O)c3ccc(F)cc3)C(C)C)ccc2o1. The third-order valence-corrected chi connectivity index (χ3v) is 4.10. The highest BCUT2D eigenvalue weighted by molar-refractivity contribution is 6.01. The number of carbonyl (C=O) groups is 2. The molecule has 2 aromatic carbocycles. The van der Waals surface area contributed by atoms with E-state index in [4.69, 9.17) is 4.42 Å². The first kappa shape index (κ1) is 18.6. The number of halogens is 1. The molecule has 1 atom stereocenters. The van der Waals surface area contributed by atoms with E-state index in [9.17, 15) is 14.0 Å². The van der Waals surface area contributed by atoms with E-state index in [2.05, 4.69) is 15.6 Å². The summed E-state index contributed by atoms with van der Waals surface area (Å²) in [5, 5.41) is 5.50. The lowest BCUT2D eigenvalue weighted by molar-refractivity contribution is -0.118. The lowest BCUT2D eigenvalue weighted by Crippen LogP contribution is -2.47. The van der Waals surface area contributed by atoms with Gasteiger partial charge in [0.1, 0.15) is 17.4 Å². The fourth-order valence-electron chi connectivity index (χ4n) is 2.70. The van der Waals surface area contributed by atoms with Crippen molar-refractivity contribution in [2.75, 3.05) is 5.32 Å². The molecule has 0 aliphatic rings. The van der Waals surface area contributed by atoms with Crippen LogP contribution in [0.1, 0.15) is 30.1 Å². The molecule has 3 rings (SSSR count). The molecule has 2 N–H and O–H groups in total. The van der Waals surface area contributed by atoms with Crippen molar-refractivity contribution in [3.63, 3.8) is 0 Å². The summed E-state index contributed by atoms with van der Waals surface area (Å²) in [6.07, 6.45) is 0. The summed E-state index contributed by atoms with van der Waals surface area (Å²) in [5.41, 5.74) is 2.12. The van der Waals surface area contributed by atoms with Crippen LogP contribution in [0.4, 0.5) is 10.1 Å². The topological polar surface area (TPSA) is 84.2 Å². The Labute approximate surface area is 155 Å². The third-order valence-electron chi connectivity index (χ3n) is 4.10. The molecule has 0 aliphatic heterocycles. The summed E-state index contributed by atoms with van der Waals surface area (Å²) < 4.78 is 18.4. The van der Waals surface area contributed by atoms with Crippen LogP contribution in [0.2, 0.25) is 0 Å². The molecule has 1 unspecified atom stereocenters. The van der Waals surface area contributed by atoms with Crippen molar-refractivity contribution in [2.45, 2.75) is 26.8 Å². The van der Waals surface area contributed by atoms with Crippen molar-refractivity contribution in [3.05, 3.63) is 59.7 Å². The number of hydrogen-bond donors (Lipinski definition) is 2. The molecule has 2 amide bonds. The van der Waals surface area contributed by atoms with Crippen LogP contribution in [-0.4, -0.2) is 22.8 Å². The number of fused-ring (bicyclic) bond motifs is 1. The van der Waals surface area contributed by atoms with Crippen molar-refractivity contribution < 1.29 is 18.4 Å². The molecule has 0 aliphatic carbocycles. The maximum Gasteiger partial charge on any atom is 0.251 e. The van der Waals surface area contributed by atoms with Crippen LogP contribution >= 0.6 is 0 Å². The second kappa shape index (κ2) is 7.57. The average Bonchev–Trinajstić information content (AvgIpc) is 2.99. The number of rotatable bonds is 5. The Balaban J connectivity index is 1.73. The lowest BCUT2D eigenvalue weighted by atomic mass is 10.0. The molecular weight excluding hydrogens is 349 g/mol. The van der Waals surface area contributed by atoms with E-state index >= 15 is 0 Å². The fraction of sp³-hybridized carbons (Fsp3) is 0.250. The van der Waals surface area contributed by atoms with Gasteiger partial charge in [-0.3, -0.25) is 9.59 Å². The van der Waals surface area contributed by atoms with E-state index in [1.807, 2.05) is 13.8 Å². The summed E-state index contributed by atoms with van der Waals surface area (Å²) >= 11 is 0. The minimum atomic E-state index is -0.753. The second-order valence-electron chi connectivity index (χ2n) is 6.61. The van der Waals surface area contributed by atoms with Gasteiger partial charge in [-0.1, -0.05) is 13.8 Å². The number of aryl methyl sites for hydroxylation is 1. The highest BCUT2D eigenvalue weighted by atomic mass is 19.1. The van der Waals surface area contributed by atoms with Gasteiger partial charge in [-0.2, -0.15) is 0 Å². The number of nitrogens with one attached hydrogen (secondary N) is 2. The summed E-state index contributed by atoms with van der Waals surface area (Å²) in [7, 11) is 0. The van der Waals surface area contributed by atoms with Gasteiger partial charge in [0.15, 0.2) is 11.5 Å². The first-order chi connectivity index (χ1) is 12.8. The van der Waals surface area contributed by atoms with Crippen LogP contribution in [-0.2, 0) is 4.79 Å². The van der Waals surface area contributed by atoms with Gasteiger partial charge in [-0.25, -0.2) is 9.37 Å². The van der Waals surface area contributed by atoms with Gasteiger partial charge in [-0.15, -0.1) is 0 Å². The van der Waals surface area contributed by atoms with Crippen LogP contribution in [0.25, 0.3) is 11.1 Å². The largest absolute Gasteiger partial charge is 0.441 e. The van der Waals surface area contributed by atoms with Crippen LogP contribution in [0.15, 0.2) is 46.9 Å². The predicted molar refractivity (Wildman–Crippen MR) is 99.9 cm³/mol. The van der Waals surface area contributed by atoms with Crippen molar-refractivity contribution in [3.8, 4) is 0 Å². The molecule has 0 radical (unpaired) electrons. The first-order valence-electron chi connectivity index (χ1n) is 8.58. The molecule has 6 nitrogen and oxygen atoms in total. The van der Waals surface area contributed by atoms with E-state index in [-0.39, 0.29) is 17.4 Å². The zero-order chi connectivity index (χ0) is 19.6. The molecule has 0 spiro atoms. The molecular formula is C20H20FN3O3. The Morgan fingerprint density at radius 1 is 1.11 bits per heavy atom. The van der Waals surface area contributed by atoms with Crippen molar-refractivity contribution in [1.29, 1.82) is 0 Å².